The first-order chi connectivity index (χ1) is 10.2. The van der Waals surface area contributed by atoms with E-state index in [9.17, 15) is 4.79 Å². The molecule has 5 nitrogen and oxygen atoms in total. The number of carbonyl (C=O) groups excluding carboxylic acids is 1. The molecule has 1 fully saturated rings. The average Bonchev–Trinajstić information content (AvgIpc) is 3.15. The van der Waals surface area contributed by atoms with E-state index in [1.54, 1.807) is 0 Å². The normalized spacial score (nSPS) is 14.4. The lowest BCUT2D eigenvalue weighted by Gasteiger charge is -2.11. The number of hydrogen-bond acceptors (Lipinski definition) is 5. The maximum atomic E-state index is 12.2. The summed E-state index contributed by atoms with van der Waals surface area (Å²) >= 11 is 1.38. The van der Waals surface area contributed by atoms with Crippen molar-refractivity contribution in [2.24, 2.45) is 0 Å². The molecule has 1 aliphatic rings. The third kappa shape index (κ3) is 3.16. The van der Waals surface area contributed by atoms with E-state index in [1.807, 2.05) is 30.3 Å². The molecule has 3 N–H and O–H groups in total. The van der Waals surface area contributed by atoms with Crippen molar-refractivity contribution in [3.8, 4) is 0 Å². The lowest BCUT2D eigenvalue weighted by Crippen LogP contribution is -2.22. The van der Waals surface area contributed by atoms with Crippen molar-refractivity contribution in [2.75, 3.05) is 23.7 Å². The van der Waals surface area contributed by atoms with Gasteiger partial charge in [0, 0.05) is 19.6 Å². The van der Waals surface area contributed by atoms with E-state index in [0.29, 0.717) is 17.2 Å². The molecule has 1 aromatic heterocycles. The maximum absolute atomic E-state index is 12.2. The van der Waals surface area contributed by atoms with Gasteiger partial charge in [-0.25, -0.2) is 4.98 Å². The number of rotatable bonds is 4. The Balaban J connectivity index is 1.67. The van der Waals surface area contributed by atoms with Gasteiger partial charge in [0.05, 0.1) is 0 Å². The number of nitrogens with two attached hydrogens (primary N) is 1. The zero-order valence-corrected chi connectivity index (χ0v) is 12.5. The zero-order valence-electron chi connectivity index (χ0n) is 11.7. The number of amides is 1. The number of aromatic nitrogens is 1. The van der Waals surface area contributed by atoms with Crippen molar-refractivity contribution in [1.29, 1.82) is 0 Å². The summed E-state index contributed by atoms with van der Waals surface area (Å²) in [5.41, 5.74) is 6.95. The molecule has 1 amide bonds. The Labute approximate surface area is 127 Å². The number of thiazole rings is 1. The fraction of sp³-hybridized carbons (Fsp3) is 0.333. The van der Waals surface area contributed by atoms with Crippen molar-refractivity contribution in [2.45, 2.75) is 19.4 Å². The van der Waals surface area contributed by atoms with Gasteiger partial charge in [0.2, 0.25) is 0 Å². The maximum Gasteiger partial charge on any atom is 0.265 e. The lowest BCUT2D eigenvalue weighted by atomic mass is 10.2. The van der Waals surface area contributed by atoms with Crippen LogP contribution < -0.4 is 16.0 Å². The average molecular weight is 302 g/mol. The second-order valence-corrected chi connectivity index (χ2v) is 6.05. The molecule has 0 saturated carbocycles. The zero-order chi connectivity index (χ0) is 14.7. The number of benzene rings is 1. The highest BCUT2D eigenvalue weighted by Crippen LogP contribution is 2.30. The van der Waals surface area contributed by atoms with Crippen LogP contribution in [0, 0.1) is 0 Å². The Morgan fingerprint density at radius 2 is 2.00 bits per heavy atom. The van der Waals surface area contributed by atoms with Crippen molar-refractivity contribution in [3.63, 3.8) is 0 Å². The fourth-order valence-corrected chi connectivity index (χ4v) is 3.34. The van der Waals surface area contributed by atoms with Crippen LogP contribution in [0.25, 0.3) is 0 Å². The van der Waals surface area contributed by atoms with Gasteiger partial charge in [-0.1, -0.05) is 41.7 Å². The molecule has 2 heterocycles. The molecule has 3 rings (SSSR count). The van der Waals surface area contributed by atoms with Gasteiger partial charge in [0.1, 0.15) is 10.7 Å². The van der Waals surface area contributed by atoms with Crippen molar-refractivity contribution in [3.05, 3.63) is 40.8 Å². The van der Waals surface area contributed by atoms with Gasteiger partial charge in [-0.05, 0) is 18.4 Å². The first kappa shape index (κ1) is 13.9. The lowest BCUT2D eigenvalue weighted by molar-refractivity contribution is 0.0955. The van der Waals surface area contributed by atoms with Gasteiger partial charge in [-0.3, -0.25) is 4.79 Å². The van der Waals surface area contributed by atoms with Gasteiger partial charge < -0.3 is 16.0 Å². The highest BCUT2D eigenvalue weighted by molar-refractivity contribution is 7.18. The SMILES string of the molecule is Nc1nc(N2CCCC2)sc1C(=O)NCc1ccccc1. The molecule has 0 aliphatic carbocycles. The third-order valence-electron chi connectivity index (χ3n) is 3.52. The van der Waals surface area contributed by atoms with E-state index >= 15 is 0 Å². The van der Waals surface area contributed by atoms with Crippen LogP contribution in [-0.2, 0) is 6.54 Å². The number of anilines is 2. The van der Waals surface area contributed by atoms with Crippen LogP contribution in [-0.4, -0.2) is 24.0 Å². The smallest absolute Gasteiger partial charge is 0.265 e. The van der Waals surface area contributed by atoms with E-state index in [1.165, 1.54) is 24.2 Å². The summed E-state index contributed by atoms with van der Waals surface area (Å²) in [5, 5.41) is 3.75. The van der Waals surface area contributed by atoms with Gasteiger partial charge in [0.25, 0.3) is 5.91 Å². The Hall–Kier alpha value is -2.08. The highest BCUT2D eigenvalue weighted by atomic mass is 32.1. The second kappa shape index (κ2) is 6.13. The summed E-state index contributed by atoms with van der Waals surface area (Å²) < 4.78 is 0. The number of hydrogen-bond donors (Lipinski definition) is 2. The Bertz CT molecular complexity index is 620. The molecular weight excluding hydrogens is 284 g/mol. The van der Waals surface area contributed by atoms with Crippen LogP contribution in [0.5, 0.6) is 0 Å². The molecular formula is C15H18N4OS. The van der Waals surface area contributed by atoms with Gasteiger partial charge in [0.15, 0.2) is 5.13 Å². The van der Waals surface area contributed by atoms with Gasteiger partial charge >= 0.3 is 0 Å². The number of nitrogens with one attached hydrogen (secondary N) is 1. The van der Waals surface area contributed by atoms with Crippen LogP contribution >= 0.6 is 11.3 Å². The minimum atomic E-state index is -0.153. The van der Waals surface area contributed by atoms with Crippen LogP contribution in [0.3, 0.4) is 0 Å². The topological polar surface area (TPSA) is 71.2 Å². The summed E-state index contributed by atoms with van der Waals surface area (Å²) in [4.78, 5) is 19.3. The molecule has 6 heteroatoms. The molecule has 1 saturated heterocycles. The van der Waals surface area contributed by atoms with E-state index in [-0.39, 0.29) is 5.91 Å². The summed E-state index contributed by atoms with van der Waals surface area (Å²) in [5.74, 6) is 0.173. The van der Waals surface area contributed by atoms with E-state index in [2.05, 4.69) is 15.2 Å². The van der Waals surface area contributed by atoms with Crippen molar-refractivity contribution < 1.29 is 4.79 Å². The van der Waals surface area contributed by atoms with E-state index < -0.39 is 0 Å². The highest BCUT2D eigenvalue weighted by Gasteiger charge is 2.21. The number of nitrogens with zero attached hydrogens (tertiary/aromatic N) is 2. The molecule has 0 unspecified atom stereocenters. The second-order valence-electron chi connectivity index (χ2n) is 5.07. The van der Waals surface area contributed by atoms with Crippen molar-refractivity contribution >= 4 is 28.2 Å². The molecule has 1 aromatic carbocycles. The Kier molecular flexibility index (Phi) is 4.06. The predicted octanol–water partition coefficient (Wildman–Crippen LogP) is 2.26. The van der Waals surface area contributed by atoms with E-state index in [0.717, 1.165) is 23.8 Å². The summed E-state index contributed by atoms with van der Waals surface area (Å²) in [6, 6.07) is 9.81. The molecule has 0 spiro atoms. The van der Waals surface area contributed by atoms with Crippen LogP contribution in [0.15, 0.2) is 30.3 Å². The molecule has 2 aromatic rings. The summed E-state index contributed by atoms with van der Waals surface area (Å²) in [6.45, 7) is 2.49. The standard InChI is InChI=1S/C15H18N4OS/c16-13-12(21-15(18-13)19-8-4-5-9-19)14(20)17-10-11-6-2-1-3-7-11/h1-3,6-7H,4-5,8-10,16H2,(H,17,20). The first-order valence-corrected chi connectivity index (χ1v) is 7.89. The van der Waals surface area contributed by atoms with E-state index in [4.69, 9.17) is 5.73 Å². The van der Waals surface area contributed by atoms with Crippen LogP contribution in [0.4, 0.5) is 10.9 Å². The largest absolute Gasteiger partial charge is 0.382 e. The fourth-order valence-electron chi connectivity index (χ4n) is 2.39. The molecule has 21 heavy (non-hydrogen) atoms. The monoisotopic (exact) mass is 302 g/mol. The minimum absolute atomic E-state index is 0.153. The van der Waals surface area contributed by atoms with Gasteiger partial charge in [-0.15, -0.1) is 0 Å². The molecule has 110 valence electrons. The molecule has 0 atom stereocenters. The molecule has 1 aliphatic heterocycles. The quantitative estimate of drug-likeness (QED) is 0.909. The minimum Gasteiger partial charge on any atom is -0.382 e. The number of carbonyl (C=O) groups is 1. The third-order valence-corrected chi connectivity index (χ3v) is 4.65. The van der Waals surface area contributed by atoms with Crippen LogP contribution in [0.1, 0.15) is 28.1 Å². The summed E-state index contributed by atoms with van der Waals surface area (Å²) in [6.07, 6.45) is 2.35. The van der Waals surface area contributed by atoms with Gasteiger partial charge in [-0.2, -0.15) is 0 Å². The molecule has 0 radical (unpaired) electrons. The Morgan fingerprint density at radius 3 is 2.71 bits per heavy atom. The van der Waals surface area contributed by atoms with Crippen LogP contribution in [0.2, 0.25) is 0 Å². The first-order valence-electron chi connectivity index (χ1n) is 7.07. The Morgan fingerprint density at radius 1 is 1.29 bits per heavy atom. The molecule has 0 bridgehead atoms. The number of nitrogen functional groups attached to an aromatic ring is 1. The predicted molar refractivity (Wildman–Crippen MR) is 85.6 cm³/mol. The van der Waals surface area contributed by atoms with Crippen molar-refractivity contribution in [1.82, 2.24) is 10.3 Å². The summed E-state index contributed by atoms with van der Waals surface area (Å²) in [7, 11) is 0.